The minimum atomic E-state index is -1.54. The summed E-state index contributed by atoms with van der Waals surface area (Å²) < 4.78 is 0. The molecule has 4 aromatic carbocycles. The number of aromatic nitrogens is 3. The lowest BCUT2D eigenvalue weighted by molar-refractivity contribution is -0.137. The number of aromatic amines is 2. The first-order valence-electron chi connectivity index (χ1n) is 42.0. The molecule has 3 aliphatic rings. The molecule has 12 amide bonds. The number of imide groups is 1. The summed E-state index contributed by atoms with van der Waals surface area (Å²) in [5.41, 5.74) is 17.7. The van der Waals surface area contributed by atoms with Gasteiger partial charge in [-0.05, 0) is 78.0 Å². The summed E-state index contributed by atoms with van der Waals surface area (Å²) in [4.78, 5) is 235. The molecule has 0 bridgehead atoms. The number of nitrogens with zero attached hydrogens (tertiary/aromatic N) is 2. The van der Waals surface area contributed by atoms with Crippen molar-refractivity contribution in [1.29, 1.82) is 0 Å². The van der Waals surface area contributed by atoms with Gasteiger partial charge in [-0.2, -0.15) is 23.5 Å². The van der Waals surface area contributed by atoms with Crippen molar-refractivity contribution in [3.05, 3.63) is 155 Å². The Balaban J connectivity index is 0.869. The lowest BCUT2D eigenvalue weighted by atomic mass is 9.84. The number of primary amides is 2. The third kappa shape index (κ3) is 28.1. The van der Waals surface area contributed by atoms with Crippen molar-refractivity contribution in [2.75, 3.05) is 29.9 Å². The van der Waals surface area contributed by atoms with Crippen molar-refractivity contribution >= 4 is 134 Å². The number of nitrogens with one attached hydrogen (secondary N) is 11. The minimum Gasteiger partial charge on any atom is -0.385 e. The topological polar surface area (TPSA) is 481 Å². The Morgan fingerprint density at radius 3 is 2.07 bits per heavy atom. The number of hydrogen-bond donors (Lipinski definition) is 13. The first-order chi connectivity index (χ1) is 59.0. The van der Waals surface area contributed by atoms with Crippen LogP contribution in [0.2, 0.25) is 0 Å². The monoisotopic (exact) mass is 1720 g/mol. The van der Waals surface area contributed by atoms with E-state index in [-0.39, 0.29) is 119 Å². The van der Waals surface area contributed by atoms with Crippen LogP contribution in [0.5, 0.6) is 0 Å². The number of anilines is 1. The molecule has 2 aromatic heterocycles. The number of terminal acetylenes is 1. The molecule has 0 spiro atoms. The average molecular weight is 1730 g/mol. The highest BCUT2D eigenvalue weighted by molar-refractivity contribution is 7.98. The van der Waals surface area contributed by atoms with Gasteiger partial charge in [0.1, 0.15) is 18.1 Å². The zero-order valence-corrected chi connectivity index (χ0v) is 71.8. The fourth-order valence-electron chi connectivity index (χ4n) is 15.3. The number of rotatable bonds is 41. The number of fused-ring (bicyclic) bond motifs is 3. The van der Waals surface area contributed by atoms with E-state index >= 15 is 19.2 Å². The second kappa shape index (κ2) is 47.0. The van der Waals surface area contributed by atoms with Crippen LogP contribution in [-0.2, 0) is 109 Å². The van der Waals surface area contributed by atoms with Crippen LogP contribution < -0.4 is 59.3 Å². The number of hydrogen-bond acceptors (Lipinski definition) is 20. The van der Waals surface area contributed by atoms with Crippen molar-refractivity contribution < 1.29 is 76.7 Å². The summed E-state index contributed by atoms with van der Waals surface area (Å²) >= 11 is 2.63. The Labute approximate surface area is 723 Å². The highest BCUT2D eigenvalue weighted by Gasteiger charge is 2.42. The van der Waals surface area contributed by atoms with Gasteiger partial charge >= 0.3 is 0 Å². The van der Waals surface area contributed by atoms with Gasteiger partial charge in [0.2, 0.25) is 65.0 Å². The fourth-order valence-corrected chi connectivity index (χ4v) is 17.6. The Kier molecular flexibility index (Phi) is 36.3. The highest BCUT2D eigenvalue weighted by Crippen LogP contribution is 2.34. The van der Waals surface area contributed by atoms with Gasteiger partial charge in [-0.1, -0.05) is 126 Å². The Bertz CT molecular complexity index is 4840. The van der Waals surface area contributed by atoms with Gasteiger partial charge in [-0.3, -0.25) is 82.0 Å². The Morgan fingerprint density at radius 1 is 0.683 bits per heavy atom. The summed E-state index contributed by atoms with van der Waals surface area (Å²) in [6.07, 6.45) is 9.86. The number of carbonyl (C=O) groups excluding carboxylic acids is 16. The van der Waals surface area contributed by atoms with E-state index < -0.39 is 167 Å². The molecule has 1 fully saturated rings. The zero-order chi connectivity index (χ0) is 88.8. The minimum absolute atomic E-state index is 0.0155. The molecule has 6 aromatic rings. The normalized spacial score (nSPS) is 18.9. The third-order valence-electron chi connectivity index (χ3n) is 22.7. The molecule has 3 aliphatic heterocycles. The SMILES string of the molecule is C#CCCC(=O)N[C@H](C(=O)C[C@@H]1CSCc2ccccc2CSC[C@H](C(=O)N[C@@H](Cc2ccccc2)C(=O)N[C@@H](Cc2cnc[nH]2)C(=O)CC(C(=O)N[C@@H](Cc2c[nH]c3ccccc23)C(=O)C[C@@H](CCCCNC(=O)CCCNc2cccc3c2CN(C2CCC(=O)NC2=O)C3=O)C(N)=O)[C@@H](C)CC)NC(=O)[C@H](C)CC(=O)[C@H](CC(N)=O)NC1=O)C(C)C. The number of Topliss-reactive ketones (excluding diaryl/α,β-unsaturated/α-hetero) is 4. The summed E-state index contributed by atoms with van der Waals surface area (Å²) in [5.74, 6) is -11.7. The van der Waals surface area contributed by atoms with E-state index in [4.69, 9.17) is 17.9 Å². The molecule has 2 unspecified atom stereocenters. The quantitative estimate of drug-likeness (QED) is 0.0123. The van der Waals surface area contributed by atoms with Crippen LogP contribution in [-0.4, -0.2) is 181 Å². The van der Waals surface area contributed by atoms with E-state index in [2.05, 4.69) is 68.7 Å². The molecule has 0 saturated carbocycles. The Hall–Kier alpha value is -11.8. The van der Waals surface area contributed by atoms with E-state index in [1.54, 1.807) is 69.4 Å². The van der Waals surface area contributed by atoms with Gasteiger partial charge in [0, 0.05) is 177 Å². The van der Waals surface area contributed by atoms with Crippen LogP contribution in [0, 0.1) is 47.9 Å². The van der Waals surface area contributed by atoms with Gasteiger partial charge in [0.05, 0.1) is 42.8 Å². The number of piperidine rings is 1. The zero-order valence-electron chi connectivity index (χ0n) is 70.1. The van der Waals surface area contributed by atoms with Gasteiger partial charge in [0.15, 0.2) is 23.1 Å². The van der Waals surface area contributed by atoms with Gasteiger partial charge in [0.25, 0.3) is 5.91 Å². The largest absolute Gasteiger partial charge is 0.385 e. The molecular formula is C90H113N15O16S2. The second-order valence-corrected chi connectivity index (χ2v) is 34.3. The number of benzene rings is 4. The van der Waals surface area contributed by atoms with Crippen molar-refractivity contribution in [3.8, 4) is 12.3 Å². The standard InChI is InChI=1S/C90H113N15O16S2/c1-7-9-30-80(112)103-82(52(3)4)77(109)40-60-49-122-47-57-24-13-14-25-58(57)48-123-50-72(102-84(115)54(6)36-74(106)70(43-78(91)110)98-85(60)116)88(119)101-71(37-55-21-11-10-12-22-55)87(118)100-69(41-61-45-93-51-97-61)76(108)42-64(53(5)8-2)86(117)99-68(38-59-44-96-66-28-16-15-26-62(59)66)75(107)39-56(83(92)114)23-17-18-34-95-79(111)31-20-35-94-67-29-19-27-63-65(67)46-105(90(63)121)73-32-33-81(113)104-89(73)120/h1,10-16,19,21-22,24-29,44-45,51-54,56,60,64,68-73,82,94,96H,8-9,17-18,20,23,30-43,46-50H2,2-6H3,(H2,91,110)(H2,92,114)(H,93,97)(H,95,111)(H,98,116)(H,99,117)(H,100,118)(H,101,119)(H,102,115)(H,103,112)(H,104,113,120)/t53-,54+,56+,60+,64?,68-,69-,70-,71-,72+,73?,82-/m0/s1. The summed E-state index contributed by atoms with van der Waals surface area (Å²) in [7, 11) is 0. The first-order valence-corrected chi connectivity index (χ1v) is 44.3. The predicted molar refractivity (Wildman–Crippen MR) is 465 cm³/mol. The van der Waals surface area contributed by atoms with Crippen LogP contribution in [0.25, 0.3) is 10.9 Å². The molecule has 5 heterocycles. The van der Waals surface area contributed by atoms with Crippen LogP contribution in [0.4, 0.5) is 5.69 Å². The first kappa shape index (κ1) is 95.1. The number of ketones is 4. The van der Waals surface area contributed by atoms with E-state index in [0.717, 1.165) is 27.6 Å². The lowest BCUT2D eigenvalue weighted by Crippen LogP contribution is -2.58. The molecular weight excluding hydrogens is 1610 g/mol. The van der Waals surface area contributed by atoms with Crippen LogP contribution in [0.3, 0.4) is 0 Å². The van der Waals surface area contributed by atoms with E-state index in [1.165, 1.54) is 47.9 Å². The molecule has 1 saturated heterocycles. The predicted octanol–water partition coefficient (Wildman–Crippen LogP) is 5.75. The summed E-state index contributed by atoms with van der Waals surface area (Å²) in [6.45, 7) is 9.41. The maximum absolute atomic E-state index is 15.3. The lowest BCUT2D eigenvalue weighted by Gasteiger charge is -2.29. The van der Waals surface area contributed by atoms with Gasteiger partial charge in [-0.25, -0.2) is 4.98 Å². The number of thioether (sulfide) groups is 2. The van der Waals surface area contributed by atoms with Gasteiger partial charge in [-0.15, -0.1) is 12.3 Å². The summed E-state index contributed by atoms with van der Waals surface area (Å²) in [6, 6.07) is 20.2. The number of H-pyrrole nitrogens is 2. The van der Waals surface area contributed by atoms with Gasteiger partial charge < -0.3 is 68.9 Å². The number of para-hydroxylation sites is 1. The van der Waals surface area contributed by atoms with E-state index in [0.29, 0.717) is 71.8 Å². The number of carbonyl (C=O) groups is 16. The van der Waals surface area contributed by atoms with Crippen molar-refractivity contribution in [3.63, 3.8) is 0 Å². The van der Waals surface area contributed by atoms with Crippen LogP contribution in [0.15, 0.2) is 116 Å². The second-order valence-electron chi connectivity index (χ2n) is 32.3. The molecule has 15 N–H and O–H groups in total. The average Bonchev–Trinajstić information content (AvgIpc) is 1.60. The molecule has 0 radical (unpaired) electrons. The van der Waals surface area contributed by atoms with E-state index in [9.17, 15) is 57.5 Å². The molecule has 31 nitrogen and oxygen atoms in total. The maximum atomic E-state index is 15.3. The van der Waals surface area contributed by atoms with Crippen LogP contribution in [0.1, 0.15) is 175 Å². The molecule has 9 rings (SSSR count). The number of amides is 12. The van der Waals surface area contributed by atoms with Crippen LogP contribution >= 0.6 is 23.5 Å². The van der Waals surface area contributed by atoms with E-state index in [1.807, 2.05) is 61.5 Å². The van der Waals surface area contributed by atoms with Crippen molar-refractivity contribution in [1.82, 2.24) is 62.4 Å². The molecule has 656 valence electrons. The van der Waals surface area contributed by atoms with Crippen molar-refractivity contribution in [2.45, 2.75) is 211 Å². The number of unbranched alkanes of at least 4 members (excludes halogenated alkanes) is 1. The highest BCUT2D eigenvalue weighted by atomic mass is 32.2. The smallest absolute Gasteiger partial charge is 0.255 e. The maximum Gasteiger partial charge on any atom is 0.255 e. The third-order valence-corrected chi connectivity index (χ3v) is 24.9. The molecule has 33 heteroatoms. The number of nitrogens with two attached hydrogens (primary N) is 2. The molecule has 123 heavy (non-hydrogen) atoms. The molecule has 12 atom stereocenters. The Morgan fingerprint density at radius 2 is 1.38 bits per heavy atom. The number of imidazole rings is 1. The fraction of sp³-hybridized carbons (Fsp3) is 0.478. The molecule has 0 aliphatic carbocycles. The van der Waals surface area contributed by atoms with Crippen molar-refractivity contribution in [2.24, 2.45) is 47.0 Å². The summed E-state index contributed by atoms with van der Waals surface area (Å²) in [5, 5.41) is 26.3.